The molecule has 0 unspecified atom stereocenters. The van der Waals surface area contributed by atoms with Gasteiger partial charge >= 0.3 is 0 Å². The van der Waals surface area contributed by atoms with Gasteiger partial charge in [-0.2, -0.15) is 0 Å². The third-order valence-corrected chi connectivity index (χ3v) is 5.86. The number of carbonyl (C=O) groups excluding carboxylic acids is 2. The number of nitrogens with zero attached hydrogens (tertiary/aromatic N) is 2. The molecular weight excluding hydrogens is 364 g/mol. The Labute approximate surface area is 165 Å². The van der Waals surface area contributed by atoms with E-state index < -0.39 is 0 Å². The van der Waals surface area contributed by atoms with Crippen molar-refractivity contribution in [3.05, 3.63) is 40.8 Å². The largest absolute Gasteiger partial charge is 0.343 e. The van der Waals surface area contributed by atoms with E-state index in [2.05, 4.69) is 0 Å². The van der Waals surface area contributed by atoms with Gasteiger partial charge in [0.15, 0.2) is 0 Å². The van der Waals surface area contributed by atoms with Crippen molar-refractivity contribution < 1.29 is 9.59 Å². The van der Waals surface area contributed by atoms with E-state index in [1.807, 2.05) is 55.2 Å². The summed E-state index contributed by atoms with van der Waals surface area (Å²) in [5.74, 6) is 0.214. The number of thiocarbonyl (C=S) groups is 1. The normalized spacial score (nSPS) is 15.8. The van der Waals surface area contributed by atoms with E-state index >= 15 is 0 Å². The molecule has 1 aromatic carbocycles. The highest BCUT2D eigenvalue weighted by Crippen LogP contribution is 2.33. The van der Waals surface area contributed by atoms with Crippen LogP contribution in [-0.2, 0) is 4.79 Å². The number of carbonyl (C=O) groups is 2. The van der Waals surface area contributed by atoms with Crippen molar-refractivity contribution >= 4 is 46.2 Å². The van der Waals surface area contributed by atoms with Gasteiger partial charge in [-0.05, 0) is 50.1 Å². The summed E-state index contributed by atoms with van der Waals surface area (Å²) >= 11 is 6.68. The molecule has 1 heterocycles. The summed E-state index contributed by atoms with van der Waals surface area (Å²) in [5, 5.41) is -0.00333. The van der Waals surface area contributed by atoms with Crippen molar-refractivity contribution in [3.63, 3.8) is 0 Å². The molecule has 4 nitrogen and oxygen atoms in total. The second-order valence-corrected chi connectivity index (χ2v) is 7.50. The fourth-order valence-corrected chi connectivity index (χ4v) is 4.14. The topological polar surface area (TPSA) is 40.6 Å². The molecule has 2 rings (SSSR count). The highest BCUT2D eigenvalue weighted by molar-refractivity contribution is 8.19. The third kappa shape index (κ3) is 5.68. The molecular formula is C20H26N2O2S2. The van der Waals surface area contributed by atoms with Gasteiger partial charge in [0.1, 0.15) is 4.99 Å². The number of hydrogen-bond acceptors (Lipinski definition) is 4. The molecule has 0 atom stereocenters. The van der Waals surface area contributed by atoms with Crippen LogP contribution in [-0.4, -0.2) is 45.6 Å². The lowest BCUT2D eigenvalue weighted by Crippen LogP contribution is -2.30. The molecule has 0 radical (unpaired) electrons. The predicted molar refractivity (Wildman–Crippen MR) is 113 cm³/mol. The smallest absolute Gasteiger partial charge is 0.291 e. The fourth-order valence-electron chi connectivity index (χ4n) is 2.85. The number of amides is 2. The van der Waals surface area contributed by atoms with Gasteiger partial charge in [-0.15, -0.1) is 0 Å². The van der Waals surface area contributed by atoms with Crippen molar-refractivity contribution in [1.82, 2.24) is 9.80 Å². The quantitative estimate of drug-likeness (QED) is 0.340. The van der Waals surface area contributed by atoms with E-state index in [9.17, 15) is 9.59 Å². The van der Waals surface area contributed by atoms with Gasteiger partial charge in [-0.1, -0.05) is 49.0 Å². The molecule has 0 saturated carbocycles. The van der Waals surface area contributed by atoms with Gasteiger partial charge < -0.3 is 4.90 Å². The van der Waals surface area contributed by atoms with Gasteiger partial charge in [0.25, 0.3) is 5.24 Å². The van der Waals surface area contributed by atoms with E-state index in [0.29, 0.717) is 18.0 Å². The lowest BCUT2D eigenvalue weighted by Gasteiger charge is -2.18. The Bertz CT molecular complexity index is 670. The summed E-state index contributed by atoms with van der Waals surface area (Å²) in [6, 6.07) is 9.89. The number of benzene rings is 1. The summed E-state index contributed by atoms with van der Waals surface area (Å²) in [5.41, 5.74) is 1.04. The zero-order valence-electron chi connectivity index (χ0n) is 15.4. The molecule has 1 aliphatic heterocycles. The SMILES string of the molecule is CCN(CC)C(=O)CCCCCN1C(=O)SC(=Cc2ccccc2)C1=S. The fraction of sp³-hybridized carbons (Fsp3) is 0.450. The molecule has 0 bridgehead atoms. The molecule has 140 valence electrons. The summed E-state index contributed by atoms with van der Waals surface area (Å²) in [6.45, 7) is 6.15. The Morgan fingerprint density at radius 1 is 1.15 bits per heavy atom. The Hall–Kier alpha value is -1.66. The van der Waals surface area contributed by atoms with Gasteiger partial charge in [0, 0.05) is 26.1 Å². The van der Waals surface area contributed by atoms with Crippen molar-refractivity contribution in [1.29, 1.82) is 0 Å². The van der Waals surface area contributed by atoms with E-state index in [1.54, 1.807) is 4.90 Å². The van der Waals surface area contributed by atoms with Crippen LogP contribution in [0.1, 0.15) is 45.1 Å². The van der Waals surface area contributed by atoms with Crippen LogP contribution in [0.25, 0.3) is 6.08 Å². The average molecular weight is 391 g/mol. The summed E-state index contributed by atoms with van der Waals surface area (Å²) in [6.07, 6.45) is 5.17. The lowest BCUT2D eigenvalue weighted by atomic mass is 10.1. The minimum absolute atomic E-state index is 0.00333. The highest BCUT2D eigenvalue weighted by Gasteiger charge is 2.31. The van der Waals surface area contributed by atoms with E-state index in [0.717, 1.165) is 42.8 Å². The first-order valence-corrected chi connectivity index (χ1v) is 10.4. The first-order valence-electron chi connectivity index (χ1n) is 9.15. The zero-order valence-corrected chi connectivity index (χ0v) is 17.1. The third-order valence-electron chi connectivity index (χ3n) is 4.36. The highest BCUT2D eigenvalue weighted by atomic mass is 32.2. The Kier molecular flexibility index (Phi) is 8.32. The first-order chi connectivity index (χ1) is 12.6. The Morgan fingerprint density at radius 3 is 2.50 bits per heavy atom. The Morgan fingerprint density at radius 2 is 1.85 bits per heavy atom. The van der Waals surface area contributed by atoms with Gasteiger partial charge in [0.05, 0.1) is 4.91 Å². The van der Waals surface area contributed by atoms with Crippen LogP contribution < -0.4 is 0 Å². The van der Waals surface area contributed by atoms with Crippen molar-refractivity contribution in [2.24, 2.45) is 0 Å². The van der Waals surface area contributed by atoms with Crippen LogP contribution in [0, 0.1) is 0 Å². The van der Waals surface area contributed by atoms with Gasteiger partial charge in [-0.3, -0.25) is 14.5 Å². The minimum Gasteiger partial charge on any atom is -0.343 e. The number of unbranched alkanes of at least 4 members (excludes halogenated alkanes) is 2. The molecule has 2 amide bonds. The maximum absolute atomic E-state index is 12.2. The molecule has 1 aliphatic rings. The second kappa shape index (κ2) is 10.5. The molecule has 0 aliphatic carbocycles. The monoisotopic (exact) mass is 390 g/mol. The maximum atomic E-state index is 12.2. The van der Waals surface area contributed by atoms with Crippen LogP contribution >= 0.6 is 24.0 Å². The summed E-state index contributed by atoms with van der Waals surface area (Å²) in [4.78, 5) is 29.2. The van der Waals surface area contributed by atoms with Crippen LogP contribution in [0.2, 0.25) is 0 Å². The molecule has 0 N–H and O–H groups in total. The molecule has 6 heteroatoms. The van der Waals surface area contributed by atoms with Gasteiger partial charge in [-0.25, -0.2) is 0 Å². The van der Waals surface area contributed by atoms with E-state index in [4.69, 9.17) is 12.2 Å². The Balaban J connectivity index is 1.78. The molecule has 0 aromatic heterocycles. The summed E-state index contributed by atoms with van der Waals surface area (Å²) in [7, 11) is 0. The van der Waals surface area contributed by atoms with E-state index in [1.165, 1.54) is 11.8 Å². The lowest BCUT2D eigenvalue weighted by molar-refractivity contribution is -0.130. The first kappa shape index (κ1) is 20.6. The van der Waals surface area contributed by atoms with Crippen LogP contribution in [0.15, 0.2) is 35.2 Å². The molecule has 1 aromatic rings. The maximum Gasteiger partial charge on any atom is 0.291 e. The zero-order chi connectivity index (χ0) is 18.9. The average Bonchev–Trinajstić information content (AvgIpc) is 2.90. The van der Waals surface area contributed by atoms with Crippen molar-refractivity contribution in [2.75, 3.05) is 19.6 Å². The number of thioether (sulfide) groups is 1. The van der Waals surface area contributed by atoms with Crippen molar-refractivity contribution in [3.8, 4) is 0 Å². The van der Waals surface area contributed by atoms with Crippen molar-refractivity contribution in [2.45, 2.75) is 39.5 Å². The molecule has 1 fully saturated rings. The standard InChI is InChI=1S/C20H26N2O2S2/c1-3-21(4-2)18(23)13-9-6-10-14-22-19(25)17(26-20(22)24)15-16-11-7-5-8-12-16/h5,7-8,11-12,15H,3-4,6,9-10,13-14H2,1-2H3. The van der Waals surface area contributed by atoms with Gasteiger partial charge in [0.2, 0.25) is 5.91 Å². The minimum atomic E-state index is -0.00333. The van der Waals surface area contributed by atoms with Crippen LogP contribution in [0.4, 0.5) is 4.79 Å². The van der Waals surface area contributed by atoms with Crippen LogP contribution in [0.3, 0.4) is 0 Å². The summed E-state index contributed by atoms with van der Waals surface area (Å²) < 4.78 is 0. The number of hydrogen-bond donors (Lipinski definition) is 0. The van der Waals surface area contributed by atoms with E-state index in [-0.39, 0.29) is 11.1 Å². The predicted octanol–water partition coefficient (Wildman–Crippen LogP) is 4.95. The molecule has 0 spiro atoms. The second-order valence-electron chi connectivity index (χ2n) is 6.12. The molecule has 1 saturated heterocycles. The van der Waals surface area contributed by atoms with Crippen LogP contribution in [0.5, 0.6) is 0 Å². The molecule has 26 heavy (non-hydrogen) atoms. The number of rotatable bonds is 9.